The van der Waals surface area contributed by atoms with Crippen LogP contribution in [0.25, 0.3) is 0 Å². The lowest BCUT2D eigenvalue weighted by molar-refractivity contribution is 0.523. The van der Waals surface area contributed by atoms with E-state index in [2.05, 4.69) is 15.4 Å². The van der Waals surface area contributed by atoms with E-state index in [1.54, 1.807) is 7.05 Å². The monoisotopic (exact) mass is 195 g/mol. The summed E-state index contributed by atoms with van der Waals surface area (Å²) in [6.45, 7) is 0. The van der Waals surface area contributed by atoms with Crippen molar-refractivity contribution in [3.8, 4) is 0 Å². The number of aromatic nitrogens is 4. The molecule has 78 valence electrons. The predicted molar refractivity (Wildman–Crippen MR) is 52.4 cm³/mol. The summed E-state index contributed by atoms with van der Waals surface area (Å²) in [5, 5.41) is 11.8. The SMILES string of the molecule is Cn1nnc(CCCC(N)C2CC2)n1. The molecular formula is C9H17N5. The Morgan fingerprint density at radius 1 is 1.57 bits per heavy atom. The summed E-state index contributed by atoms with van der Waals surface area (Å²) in [5.41, 5.74) is 5.99. The summed E-state index contributed by atoms with van der Waals surface area (Å²) in [6, 6.07) is 0.395. The highest BCUT2D eigenvalue weighted by Crippen LogP contribution is 2.33. The average molecular weight is 195 g/mol. The highest BCUT2D eigenvalue weighted by Gasteiger charge is 2.27. The minimum atomic E-state index is 0.395. The van der Waals surface area contributed by atoms with E-state index < -0.39 is 0 Å². The lowest BCUT2D eigenvalue weighted by Crippen LogP contribution is -2.22. The highest BCUT2D eigenvalue weighted by atomic mass is 15.6. The zero-order valence-electron chi connectivity index (χ0n) is 8.56. The Morgan fingerprint density at radius 3 is 2.93 bits per heavy atom. The maximum atomic E-state index is 5.99. The van der Waals surface area contributed by atoms with Crippen molar-refractivity contribution in [1.82, 2.24) is 20.2 Å². The molecule has 1 atom stereocenters. The quantitative estimate of drug-likeness (QED) is 0.732. The second-order valence-corrected chi connectivity index (χ2v) is 4.09. The van der Waals surface area contributed by atoms with Gasteiger partial charge in [-0.15, -0.1) is 10.2 Å². The molecule has 1 aliphatic rings. The maximum absolute atomic E-state index is 5.99. The molecule has 0 bridgehead atoms. The van der Waals surface area contributed by atoms with Crippen LogP contribution in [0, 0.1) is 5.92 Å². The van der Waals surface area contributed by atoms with Crippen molar-refractivity contribution < 1.29 is 0 Å². The molecule has 0 amide bonds. The van der Waals surface area contributed by atoms with Crippen LogP contribution in [-0.4, -0.2) is 26.2 Å². The molecule has 1 unspecified atom stereocenters. The normalized spacial score (nSPS) is 18.4. The van der Waals surface area contributed by atoms with Crippen molar-refractivity contribution in [2.24, 2.45) is 18.7 Å². The van der Waals surface area contributed by atoms with Crippen LogP contribution < -0.4 is 5.73 Å². The van der Waals surface area contributed by atoms with E-state index in [9.17, 15) is 0 Å². The van der Waals surface area contributed by atoms with Gasteiger partial charge in [0.1, 0.15) is 0 Å². The smallest absolute Gasteiger partial charge is 0.174 e. The summed E-state index contributed by atoms with van der Waals surface area (Å²) < 4.78 is 0. The fraction of sp³-hybridized carbons (Fsp3) is 0.889. The molecule has 2 N–H and O–H groups in total. The number of nitrogens with zero attached hydrogens (tertiary/aromatic N) is 4. The second-order valence-electron chi connectivity index (χ2n) is 4.09. The fourth-order valence-corrected chi connectivity index (χ4v) is 1.68. The molecule has 1 saturated carbocycles. The Balaban J connectivity index is 1.67. The molecule has 0 radical (unpaired) electrons. The van der Waals surface area contributed by atoms with Crippen LogP contribution in [0.4, 0.5) is 0 Å². The van der Waals surface area contributed by atoms with E-state index in [1.807, 2.05) is 0 Å². The topological polar surface area (TPSA) is 69.6 Å². The first-order valence-electron chi connectivity index (χ1n) is 5.24. The summed E-state index contributed by atoms with van der Waals surface area (Å²) in [4.78, 5) is 1.50. The number of nitrogens with two attached hydrogens (primary N) is 1. The largest absolute Gasteiger partial charge is 0.327 e. The molecule has 1 aliphatic carbocycles. The van der Waals surface area contributed by atoms with E-state index in [4.69, 9.17) is 5.73 Å². The highest BCUT2D eigenvalue weighted by molar-refractivity contribution is 4.85. The maximum Gasteiger partial charge on any atom is 0.174 e. The van der Waals surface area contributed by atoms with Gasteiger partial charge in [-0.3, -0.25) is 0 Å². The van der Waals surface area contributed by atoms with E-state index in [1.165, 1.54) is 17.6 Å². The first kappa shape index (κ1) is 9.58. The average Bonchev–Trinajstić information content (AvgIpc) is 2.92. The molecule has 2 rings (SSSR count). The van der Waals surface area contributed by atoms with Gasteiger partial charge in [0.15, 0.2) is 5.82 Å². The van der Waals surface area contributed by atoms with Crippen LogP contribution in [0.1, 0.15) is 31.5 Å². The molecule has 5 nitrogen and oxygen atoms in total. The van der Waals surface area contributed by atoms with E-state index in [0.717, 1.165) is 31.0 Å². The third-order valence-corrected chi connectivity index (χ3v) is 2.72. The molecular weight excluding hydrogens is 178 g/mol. The van der Waals surface area contributed by atoms with Gasteiger partial charge in [-0.05, 0) is 36.8 Å². The first-order valence-corrected chi connectivity index (χ1v) is 5.24. The summed E-state index contributed by atoms with van der Waals surface area (Å²) in [5.74, 6) is 1.63. The van der Waals surface area contributed by atoms with Crippen LogP contribution in [0.2, 0.25) is 0 Å². The zero-order valence-corrected chi connectivity index (χ0v) is 8.56. The molecule has 0 spiro atoms. The minimum Gasteiger partial charge on any atom is -0.327 e. The van der Waals surface area contributed by atoms with Crippen LogP contribution in [0.15, 0.2) is 0 Å². The molecule has 0 aromatic carbocycles. The predicted octanol–water partition coefficient (Wildman–Crippen LogP) is 0.270. The van der Waals surface area contributed by atoms with Gasteiger partial charge in [-0.25, -0.2) is 0 Å². The molecule has 14 heavy (non-hydrogen) atoms. The van der Waals surface area contributed by atoms with Crippen molar-refractivity contribution >= 4 is 0 Å². The lowest BCUT2D eigenvalue weighted by Gasteiger charge is -2.07. The Morgan fingerprint density at radius 2 is 2.36 bits per heavy atom. The lowest BCUT2D eigenvalue weighted by atomic mass is 10.1. The van der Waals surface area contributed by atoms with Gasteiger partial charge in [0.25, 0.3) is 0 Å². The summed E-state index contributed by atoms with van der Waals surface area (Å²) in [6.07, 6.45) is 5.70. The zero-order chi connectivity index (χ0) is 9.97. The van der Waals surface area contributed by atoms with Crippen molar-refractivity contribution in [1.29, 1.82) is 0 Å². The van der Waals surface area contributed by atoms with Crippen LogP contribution in [0.3, 0.4) is 0 Å². The minimum absolute atomic E-state index is 0.395. The third kappa shape index (κ3) is 2.51. The molecule has 0 aliphatic heterocycles. The number of hydrogen-bond donors (Lipinski definition) is 1. The van der Waals surface area contributed by atoms with E-state index >= 15 is 0 Å². The molecule has 1 fully saturated rings. The van der Waals surface area contributed by atoms with Crippen molar-refractivity contribution in [2.45, 2.75) is 38.1 Å². The Bertz CT molecular complexity index is 291. The molecule has 5 heteroatoms. The number of hydrogen-bond acceptors (Lipinski definition) is 4. The van der Waals surface area contributed by atoms with Gasteiger partial charge < -0.3 is 5.73 Å². The van der Waals surface area contributed by atoms with Crippen molar-refractivity contribution in [3.05, 3.63) is 5.82 Å². The summed E-state index contributed by atoms with van der Waals surface area (Å²) in [7, 11) is 1.78. The molecule has 1 heterocycles. The van der Waals surface area contributed by atoms with Gasteiger partial charge in [0.05, 0.1) is 7.05 Å². The Labute approximate surface area is 83.7 Å². The van der Waals surface area contributed by atoms with Crippen LogP contribution in [0.5, 0.6) is 0 Å². The van der Waals surface area contributed by atoms with Crippen molar-refractivity contribution in [3.63, 3.8) is 0 Å². The third-order valence-electron chi connectivity index (χ3n) is 2.72. The standard InChI is InChI=1S/C9H17N5/c1-14-12-9(11-13-14)4-2-3-8(10)7-5-6-7/h7-8H,2-6,10H2,1H3. The fourth-order valence-electron chi connectivity index (χ4n) is 1.68. The van der Waals surface area contributed by atoms with E-state index in [0.29, 0.717) is 6.04 Å². The number of aryl methyl sites for hydroxylation is 2. The van der Waals surface area contributed by atoms with Gasteiger partial charge in [0.2, 0.25) is 0 Å². The van der Waals surface area contributed by atoms with Gasteiger partial charge >= 0.3 is 0 Å². The Hall–Kier alpha value is -0.970. The van der Waals surface area contributed by atoms with Gasteiger partial charge in [-0.2, -0.15) is 4.80 Å². The Kier molecular flexibility index (Phi) is 2.77. The molecule has 0 saturated heterocycles. The van der Waals surface area contributed by atoms with E-state index in [-0.39, 0.29) is 0 Å². The second kappa shape index (κ2) is 4.04. The van der Waals surface area contributed by atoms with Crippen LogP contribution in [-0.2, 0) is 13.5 Å². The van der Waals surface area contributed by atoms with Gasteiger partial charge in [-0.1, -0.05) is 0 Å². The van der Waals surface area contributed by atoms with Gasteiger partial charge in [0, 0.05) is 12.5 Å². The van der Waals surface area contributed by atoms with Crippen molar-refractivity contribution in [2.75, 3.05) is 0 Å². The molecule has 1 aromatic rings. The number of rotatable bonds is 5. The number of tetrazole rings is 1. The van der Waals surface area contributed by atoms with Crippen LogP contribution >= 0.6 is 0 Å². The summed E-state index contributed by atoms with van der Waals surface area (Å²) >= 11 is 0. The molecule has 1 aromatic heterocycles. The first-order chi connectivity index (χ1) is 6.75.